The van der Waals surface area contributed by atoms with Crippen LogP contribution in [0.3, 0.4) is 0 Å². The minimum atomic E-state index is 0.103. The molecule has 0 unspecified atom stereocenters. The zero-order chi connectivity index (χ0) is 14.3. The average Bonchev–Trinajstić information content (AvgIpc) is 2.78. The molecule has 0 saturated carbocycles. The molecule has 2 heterocycles. The Morgan fingerprint density at radius 1 is 1.45 bits per heavy atom. The lowest BCUT2D eigenvalue weighted by atomic mass is 10.00. The fourth-order valence-electron chi connectivity index (χ4n) is 2.31. The van der Waals surface area contributed by atoms with Crippen molar-refractivity contribution in [3.05, 3.63) is 18.2 Å². The molecular weight excluding hydrogens is 274 g/mol. The number of methoxy groups -OCH3 is 1. The summed E-state index contributed by atoms with van der Waals surface area (Å²) in [6, 6.07) is 5.91. The lowest BCUT2D eigenvalue weighted by Gasteiger charge is -2.39. The third-order valence-electron chi connectivity index (χ3n) is 3.53. The lowest BCUT2D eigenvalue weighted by Crippen LogP contribution is -2.53. The lowest BCUT2D eigenvalue weighted by molar-refractivity contribution is -0.133. The van der Waals surface area contributed by atoms with E-state index in [1.165, 1.54) is 0 Å². The highest BCUT2D eigenvalue weighted by atomic mass is 32.1. The van der Waals surface area contributed by atoms with Crippen molar-refractivity contribution in [3.63, 3.8) is 0 Å². The van der Waals surface area contributed by atoms with Crippen LogP contribution in [0.15, 0.2) is 18.2 Å². The van der Waals surface area contributed by atoms with Gasteiger partial charge in [-0.2, -0.15) is 0 Å². The maximum atomic E-state index is 11.8. The Kier molecular flexibility index (Phi) is 3.25. The topological polar surface area (TPSA) is 45.7 Å². The van der Waals surface area contributed by atoms with E-state index >= 15 is 0 Å². The molecule has 0 N–H and O–H groups in total. The summed E-state index contributed by atoms with van der Waals surface area (Å²) in [6.45, 7) is 1.52. The van der Waals surface area contributed by atoms with E-state index in [-0.39, 0.29) is 11.8 Å². The minimum absolute atomic E-state index is 0.103. The second-order valence-corrected chi connectivity index (χ2v) is 6.17. The third kappa shape index (κ3) is 2.20. The van der Waals surface area contributed by atoms with Gasteiger partial charge in [0, 0.05) is 33.3 Å². The molecule has 1 aliphatic heterocycles. The van der Waals surface area contributed by atoms with Crippen LogP contribution < -0.4 is 9.64 Å². The summed E-state index contributed by atoms with van der Waals surface area (Å²) in [5.41, 5.74) is 0.951. The van der Waals surface area contributed by atoms with Gasteiger partial charge in [-0.3, -0.25) is 4.79 Å². The Balaban J connectivity index is 1.75. The molecule has 0 atom stereocenters. The number of ether oxygens (including phenoxy) is 1. The highest BCUT2D eigenvalue weighted by Crippen LogP contribution is 2.34. The smallest absolute Gasteiger partial charge is 0.228 e. The molecule has 1 saturated heterocycles. The SMILES string of the molecule is COc1ccc2sc(N3CC(C(=O)N(C)C)C3)nc2c1. The van der Waals surface area contributed by atoms with Crippen LogP contribution in [-0.4, -0.2) is 50.1 Å². The molecule has 1 amide bonds. The van der Waals surface area contributed by atoms with Crippen LogP contribution in [0.25, 0.3) is 10.2 Å². The molecule has 0 bridgehead atoms. The summed E-state index contributed by atoms with van der Waals surface area (Å²) in [5, 5.41) is 0.982. The molecule has 6 heteroatoms. The van der Waals surface area contributed by atoms with Crippen molar-refractivity contribution < 1.29 is 9.53 Å². The molecule has 20 heavy (non-hydrogen) atoms. The number of benzene rings is 1. The van der Waals surface area contributed by atoms with Crippen molar-refractivity contribution in [1.29, 1.82) is 0 Å². The molecule has 0 spiro atoms. The van der Waals surface area contributed by atoms with Gasteiger partial charge in [0.25, 0.3) is 0 Å². The van der Waals surface area contributed by atoms with Crippen LogP contribution in [-0.2, 0) is 4.79 Å². The van der Waals surface area contributed by atoms with E-state index in [1.807, 2.05) is 18.2 Å². The number of fused-ring (bicyclic) bond motifs is 1. The Hall–Kier alpha value is -1.82. The molecule has 1 fully saturated rings. The zero-order valence-corrected chi connectivity index (χ0v) is 12.6. The quantitative estimate of drug-likeness (QED) is 0.865. The van der Waals surface area contributed by atoms with Crippen LogP contribution in [0.4, 0.5) is 5.13 Å². The maximum Gasteiger partial charge on any atom is 0.228 e. The molecule has 1 aliphatic rings. The monoisotopic (exact) mass is 291 g/mol. The first-order valence-electron chi connectivity index (χ1n) is 6.49. The zero-order valence-electron chi connectivity index (χ0n) is 11.8. The van der Waals surface area contributed by atoms with E-state index in [0.717, 1.165) is 34.2 Å². The number of hydrogen-bond donors (Lipinski definition) is 0. The molecule has 3 rings (SSSR count). The Labute approximate surface area is 121 Å². The number of carbonyl (C=O) groups is 1. The Morgan fingerprint density at radius 3 is 2.85 bits per heavy atom. The Morgan fingerprint density at radius 2 is 2.20 bits per heavy atom. The van der Waals surface area contributed by atoms with Gasteiger partial charge in [0.2, 0.25) is 5.91 Å². The maximum absolute atomic E-state index is 11.8. The highest BCUT2D eigenvalue weighted by molar-refractivity contribution is 7.22. The summed E-state index contributed by atoms with van der Waals surface area (Å²) in [5.74, 6) is 1.12. The van der Waals surface area contributed by atoms with Gasteiger partial charge in [-0.1, -0.05) is 11.3 Å². The van der Waals surface area contributed by atoms with Crippen molar-refractivity contribution in [1.82, 2.24) is 9.88 Å². The number of amides is 1. The minimum Gasteiger partial charge on any atom is -0.497 e. The van der Waals surface area contributed by atoms with Gasteiger partial charge in [0.1, 0.15) is 5.75 Å². The van der Waals surface area contributed by atoms with Crippen molar-refractivity contribution in [2.75, 3.05) is 39.2 Å². The highest BCUT2D eigenvalue weighted by Gasteiger charge is 2.35. The van der Waals surface area contributed by atoms with E-state index in [0.29, 0.717) is 0 Å². The van der Waals surface area contributed by atoms with Crippen LogP contribution in [0.1, 0.15) is 0 Å². The van der Waals surface area contributed by atoms with Gasteiger partial charge in [-0.15, -0.1) is 0 Å². The normalized spacial score (nSPS) is 15.2. The predicted octanol–water partition coefficient (Wildman–Crippen LogP) is 1.83. The third-order valence-corrected chi connectivity index (χ3v) is 4.62. The van der Waals surface area contributed by atoms with E-state index < -0.39 is 0 Å². The molecule has 1 aromatic carbocycles. The Bertz CT molecular complexity index is 647. The van der Waals surface area contributed by atoms with Crippen molar-refractivity contribution >= 4 is 32.6 Å². The fraction of sp³-hybridized carbons (Fsp3) is 0.429. The van der Waals surface area contributed by atoms with Gasteiger partial charge in [-0.05, 0) is 12.1 Å². The van der Waals surface area contributed by atoms with Gasteiger partial charge < -0.3 is 14.5 Å². The number of aromatic nitrogens is 1. The summed E-state index contributed by atoms with van der Waals surface area (Å²) in [7, 11) is 5.26. The largest absolute Gasteiger partial charge is 0.497 e. The summed E-state index contributed by atoms with van der Waals surface area (Å²) >= 11 is 1.66. The molecular formula is C14H17N3O2S. The number of rotatable bonds is 3. The van der Waals surface area contributed by atoms with E-state index in [4.69, 9.17) is 4.74 Å². The predicted molar refractivity (Wildman–Crippen MR) is 80.6 cm³/mol. The van der Waals surface area contributed by atoms with Gasteiger partial charge >= 0.3 is 0 Å². The second-order valence-electron chi connectivity index (χ2n) is 5.16. The summed E-state index contributed by atoms with van der Waals surface area (Å²) in [6.07, 6.45) is 0. The number of nitrogens with zero attached hydrogens (tertiary/aromatic N) is 3. The molecule has 1 aromatic heterocycles. The summed E-state index contributed by atoms with van der Waals surface area (Å²) < 4.78 is 6.35. The summed E-state index contributed by atoms with van der Waals surface area (Å²) in [4.78, 5) is 20.3. The van der Waals surface area contributed by atoms with Crippen molar-refractivity contribution in [3.8, 4) is 5.75 Å². The number of thiazole rings is 1. The van der Waals surface area contributed by atoms with Crippen LogP contribution in [0.5, 0.6) is 5.75 Å². The molecule has 0 radical (unpaired) electrons. The van der Waals surface area contributed by atoms with Gasteiger partial charge in [-0.25, -0.2) is 4.98 Å². The van der Waals surface area contributed by atoms with Crippen molar-refractivity contribution in [2.45, 2.75) is 0 Å². The van der Waals surface area contributed by atoms with Gasteiger partial charge in [0.15, 0.2) is 5.13 Å². The molecule has 5 nitrogen and oxygen atoms in total. The van der Waals surface area contributed by atoms with E-state index in [9.17, 15) is 4.79 Å². The molecule has 106 valence electrons. The number of carbonyl (C=O) groups excluding carboxylic acids is 1. The first kappa shape index (κ1) is 13.2. The van der Waals surface area contributed by atoms with Crippen molar-refractivity contribution in [2.24, 2.45) is 5.92 Å². The molecule has 0 aliphatic carbocycles. The average molecular weight is 291 g/mol. The molecule has 2 aromatic rings. The number of anilines is 1. The second kappa shape index (κ2) is 4.94. The van der Waals surface area contributed by atoms with E-state index in [2.05, 4.69) is 9.88 Å². The van der Waals surface area contributed by atoms with Crippen LogP contribution >= 0.6 is 11.3 Å². The first-order chi connectivity index (χ1) is 9.58. The van der Waals surface area contributed by atoms with Crippen LogP contribution in [0, 0.1) is 5.92 Å². The standard InChI is InChI=1S/C14H17N3O2S/c1-16(2)13(18)9-7-17(8-9)14-15-11-6-10(19-3)4-5-12(11)20-14/h4-6,9H,7-8H2,1-3H3. The van der Waals surface area contributed by atoms with Gasteiger partial charge in [0.05, 0.1) is 23.2 Å². The fourth-order valence-corrected chi connectivity index (χ4v) is 3.28. The first-order valence-corrected chi connectivity index (χ1v) is 7.31. The number of hydrogen-bond acceptors (Lipinski definition) is 5. The van der Waals surface area contributed by atoms with Crippen LogP contribution in [0.2, 0.25) is 0 Å². The van der Waals surface area contributed by atoms with E-state index in [1.54, 1.807) is 37.4 Å².